The first kappa shape index (κ1) is 18.0. The van der Waals surface area contributed by atoms with E-state index in [1.165, 1.54) is 7.11 Å². The number of aliphatic imine (C=N–C) groups is 1. The topological polar surface area (TPSA) is 56.5 Å². The van der Waals surface area contributed by atoms with Crippen molar-refractivity contribution in [1.29, 1.82) is 0 Å². The third-order valence-electron chi connectivity index (χ3n) is 4.28. The zero-order valence-corrected chi connectivity index (χ0v) is 16.3. The summed E-state index contributed by atoms with van der Waals surface area (Å²) in [6.07, 6.45) is 0. The summed E-state index contributed by atoms with van der Waals surface area (Å²) >= 11 is 19.0. The van der Waals surface area contributed by atoms with Gasteiger partial charge in [0.2, 0.25) is 5.28 Å². The van der Waals surface area contributed by atoms with Gasteiger partial charge in [0, 0.05) is 21.2 Å². The van der Waals surface area contributed by atoms with E-state index >= 15 is 0 Å². The molecule has 0 radical (unpaired) electrons. The van der Waals surface area contributed by atoms with Crippen molar-refractivity contribution in [2.45, 2.75) is 6.54 Å². The summed E-state index contributed by atoms with van der Waals surface area (Å²) in [7, 11) is 1.30. The van der Waals surface area contributed by atoms with Crippen LogP contribution in [0.1, 0.15) is 27.3 Å². The highest BCUT2D eigenvalue weighted by atomic mass is 35.5. The molecule has 4 rings (SSSR count). The van der Waals surface area contributed by atoms with Gasteiger partial charge in [0.1, 0.15) is 0 Å². The van der Waals surface area contributed by atoms with Crippen LogP contribution in [0.5, 0.6) is 0 Å². The lowest BCUT2D eigenvalue weighted by Gasteiger charge is -2.13. The van der Waals surface area contributed by atoms with Crippen LogP contribution in [-0.4, -0.2) is 28.3 Å². The Kier molecular flexibility index (Phi) is 4.68. The van der Waals surface area contributed by atoms with E-state index < -0.39 is 5.97 Å². The smallest absolute Gasteiger partial charge is 0.358 e. The van der Waals surface area contributed by atoms with Crippen LogP contribution >= 0.6 is 34.8 Å². The van der Waals surface area contributed by atoms with Crippen molar-refractivity contribution in [3.63, 3.8) is 0 Å². The van der Waals surface area contributed by atoms with Crippen LogP contribution in [0.2, 0.25) is 15.3 Å². The number of ether oxygens (including phenoxy) is 1. The van der Waals surface area contributed by atoms with Gasteiger partial charge in [0.25, 0.3) is 0 Å². The van der Waals surface area contributed by atoms with E-state index in [1.54, 1.807) is 22.8 Å². The lowest BCUT2D eigenvalue weighted by atomic mass is 10.0. The molecule has 3 aromatic rings. The Balaban J connectivity index is 2.02. The van der Waals surface area contributed by atoms with Crippen molar-refractivity contribution in [2.75, 3.05) is 7.11 Å². The van der Waals surface area contributed by atoms with Crippen molar-refractivity contribution in [1.82, 2.24) is 9.55 Å². The van der Waals surface area contributed by atoms with Crippen LogP contribution in [0.4, 0.5) is 0 Å². The van der Waals surface area contributed by atoms with Gasteiger partial charge >= 0.3 is 5.97 Å². The van der Waals surface area contributed by atoms with Crippen molar-refractivity contribution < 1.29 is 9.53 Å². The van der Waals surface area contributed by atoms with Crippen LogP contribution < -0.4 is 0 Å². The first-order valence-electron chi connectivity index (χ1n) is 7.96. The fourth-order valence-electron chi connectivity index (χ4n) is 3.09. The summed E-state index contributed by atoms with van der Waals surface area (Å²) < 4.78 is 6.52. The Labute approximate surface area is 170 Å². The van der Waals surface area contributed by atoms with E-state index in [2.05, 4.69) is 4.98 Å². The number of nitrogens with zero attached hydrogens (tertiary/aromatic N) is 3. The maximum atomic E-state index is 12.1. The molecule has 1 aliphatic heterocycles. The van der Waals surface area contributed by atoms with Crippen LogP contribution in [0, 0.1) is 0 Å². The van der Waals surface area contributed by atoms with Crippen LogP contribution in [-0.2, 0) is 11.3 Å². The molecule has 27 heavy (non-hydrogen) atoms. The lowest BCUT2D eigenvalue weighted by molar-refractivity contribution is 0.0593. The van der Waals surface area contributed by atoms with Crippen molar-refractivity contribution in [3.05, 3.63) is 80.3 Å². The number of carbonyl (C=O) groups excluding carboxylic acids is 1. The Morgan fingerprint density at radius 3 is 2.63 bits per heavy atom. The minimum atomic E-state index is -0.572. The number of benzene rings is 2. The molecule has 2 heterocycles. The second-order valence-corrected chi connectivity index (χ2v) is 6.99. The normalized spacial score (nSPS) is 12.7. The summed E-state index contributed by atoms with van der Waals surface area (Å²) in [5.74, 6) is -0.572. The summed E-state index contributed by atoms with van der Waals surface area (Å²) in [4.78, 5) is 21.0. The molecule has 5 nitrogen and oxygen atoms in total. The lowest BCUT2D eigenvalue weighted by Crippen LogP contribution is -2.08. The van der Waals surface area contributed by atoms with E-state index in [0.717, 1.165) is 11.1 Å². The Morgan fingerprint density at radius 1 is 1.11 bits per heavy atom. The number of carbonyl (C=O) groups is 1. The standard InChI is InChI=1S/C19H12Cl3N3O2/c1-27-18(26)17-15-9-23-16(11-4-2-3-5-13(11)21)12-8-10(20)6-7-14(12)25(15)19(22)24-17/h2-8H,9H2,1H3. The van der Waals surface area contributed by atoms with Crippen LogP contribution in [0.15, 0.2) is 47.5 Å². The van der Waals surface area contributed by atoms with E-state index in [1.807, 2.05) is 24.3 Å². The average molecular weight is 421 g/mol. The van der Waals surface area contributed by atoms with Gasteiger partial charge in [-0.15, -0.1) is 0 Å². The van der Waals surface area contributed by atoms with E-state index in [-0.39, 0.29) is 17.5 Å². The zero-order valence-electron chi connectivity index (χ0n) is 14.0. The predicted octanol–water partition coefficient (Wildman–Crippen LogP) is 4.97. The Bertz CT molecular complexity index is 1110. The number of rotatable bonds is 2. The molecule has 0 fully saturated rings. The molecule has 0 unspecified atom stereocenters. The maximum absolute atomic E-state index is 12.1. The molecule has 1 aromatic heterocycles. The first-order valence-corrected chi connectivity index (χ1v) is 9.09. The second kappa shape index (κ2) is 7.00. The Hall–Kier alpha value is -2.34. The predicted molar refractivity (Wildman–Crippen MR) is 106 cm³/mol. The summed E-state index contributed by atoms with van der Waals surface area (Å²) in [5, 5.41) is 1.25. The number of halogens is 3. The van der Waals surface area contributed by atoms with Crippen LogP contribution in [0.25, 0.3) is 5.69 Å². The number of imidazole rings is 1. The molecular formula is C19H12Cl3N3O2. The number of hydrogen-bond donors (Lipinski definition) is 0. The maximum Gasteiger partial charge on any atom is 0.358 e. The molecule has 2 aromatic carbocycles. The zero-order chi connectivity index (χ0) is 19.1. The molecule has 0 saturated heterocycles. The van der Waals surface area contributed by atoms with Gasteiger partial charge < -0.3 is 4.74 Å². The van der Waals surface area contributed by atoms with E-state index in [0.29, 0.717) is 27.1 Å². The quantitative estimate of drug-likeness (QED) is 0.550. The monoisotopic (exact) mass is 419 g/mol. The number of aromatic nitrogens is 2. The molecule has 0 bridgehead atoms. The van der Waals surface area contributed by atoms with Gasteiger partial charge in [0.05, 0.1) is 30.7 Å². The highest BCUT2D eigenvalue weighted by Gasteiger charge is 2.28. The average Bonchev–Trinajstić information content (AvgIpc) is 2.89. The van der Waals surface area contributed by atoms with Gasteiger partial charge in [0.15, 0.2) is 5.69 Å². The summed E-state index contributed by atoms with van der Waals surface area (Å²) in [6.45, 7) is 0.178. The summed E-state index contributed by atoms with van der Waals surface area (Å²) in [5.41, 5.74) is 3.54. The molecule has 136 valence electrons. The molecule has 1 aliphatic rings. The largest absolute Gasteiger partial charge is 0.464 e. The fraction of sp³-hybridized carbons (Fsp3) is 0.105. The minimum Gasteiger partial charge on any atom is -0.464 e. The van der Waals surface area contributed by atoms with Gasteiger partial charge in [-0.1, -0.05) is 41.4 Å². The third kappa shape index (κ3) is 3.02. The molecule has 8 heteroatoms. The molecule has 0 atom stereocenters. The highest BCUT2D eigenvalue weighted by Crippen LogP contribution is 2.33. The molecule has 0 saturated carbocycles. The number of esters is 1. The van der Waals surface area contributed by atoms with E-state index in [4.69, 9.17) is 44.5 Å². The molecule has 0 aliphatic carbocycles. The van der Waals surface area contributed by atoms with Crippen molar-refractivity contribution in [2.24, 2.45) is 4.99 Å². The van der Waals surface area contributed by atoms with Gasteiger partial charge in [-0.25, -0.2) is 9.78 Å². The van der Waals surface area contributed by atoms with Crippen molar-refractivity contribution >= 4 is 46.5 Å². The van der Waals surface area contributed by atoms with Crippen molar-refractivity contribution in [3.8, 4) is 5.69 Å². The van der Waals surface area contributed by atoms with Gasteiger partial charge in [-0.3, -0.25) is 9.56 Å². The highest BCUT2D eigenvalue weighted by molar-refractivity contribution is 6.36. The fourth-order valence-corrected chi connectivity index (χ4v) is 3.77. The molecule has 0 amide bonds. The van der Waals surface area contributed by atoms with Crippen LogP contribution in [0.3, 0.4) is 0 Å². The molecular weight excluding hydrogens is 409 g/mol. The first-order chi connectivity index (χ1) is 13.0. The number of hydrogen-bond acceptors (Lipinski definition) is 4. The van der Waals surface area contributed by atoms with E-state index in [9.17, 15) is 4.79 Å². The number of fused-ring (bicyclic) bond motifs is 3. The minimum absolute atomic E-state index is 0.132. The Morgan fingerprint density at radius 2 is 1.89 bits per heavy atom. The SMILES string of the molecule is COC(=O)c1nc(Cl)n2c1CN=C(c1ccccc1Cl)c1cc(Cl)ccc1-2. The molecule has 0 spiro atoms. The van der Waals surface area contributed by atoms with Gasteiger partial charge in [-0.2, -0.15) is 0 Å². The third-order valence-corrected chi connectivity index (χ3v) is 5.10. The van der Waals surface area contributed by atoms with Gasteiger partial charge in [-0.05, 0) is 35.9 Å². The molecule has 0 N–H and O–H groups in total. The second-order valence-electron chi connectivity index (χ2n) is 5.81. The summed E-state index contributed by atoms with van der Waals surface area (Å²) in [6, 6.07) is 12.8. The number of methoxy groups -OCH3 is 1.